The highest BCUT2D eigenvalue weighted by Gasteiger charge is 2.17. The van der Waals surface area contributed by atoms with Crippen LogP contribution in [0.2, 0.25) is 0 Å². The average Bonchev–Trinajstić information content (AvgIpc) is 2.35. The fourth-order valence-electron chi connectivity index (χ4n) is 1.72. The van der Waals surface area contributed by atoms with E-state index in [9.17, 15) is 13.2 Å². The monoisotopic (exact) mass is 264 g/mol. The van der Waals surface area contributed by atoms with Crippen molar-refractivity contribution in [3.05, 3.63) is 0 Å². The molecule has 0 spiro atoms. The molecular weight excluding hydrogens is 244 g/mol. The van der Waals surface area contributed by atoms with Crippen LogP contribution in [0.1, 0.15) is 25.7 Å². The van der Waals surface area contributed by atoms with Crippen LogP contribution >= 0.6 is 0 Å². The van der Waals surface area contributed by atoms with E-state index in [1.165, 1.54) is 7.11 Å². The summed E-state index contributed by atoms with van der Waals surface area (Å²) in [4.78, 5) is 10.8. The van der Waals surface area contributed by atoms with Crippen molar-refractivity contribution in [2.75, 3.05) is 26.0 Å². The zero-order valence-corrected chi connectivity index (χ0v) is 10.9. The van der Waals surface area contributed by atoms with E-state index in [0.717, 1.165) is 25.8 Å². The second kappa shape index (κ2) is 6.93. The molecular formula is C10H20N2O4S. The molecule has 0 amide bonds. The molecule has 0 aromatic rings. The minimum absolute atomic E-state index is 0.107. The van der Waals surface area contributed by atoms with Crippen LogP contribution < -0.4 is 10.0 Å². The van der Waals surface area contributed by atoms with Crippen molar-refractivity contribution in [3.8, 4) is 0 Å². The highest BCUT2D eigenvalue weighted by atomic mass is 32.2. The Labute approximate surface area is 102 Å². The maximum Gasteiger partial charge on any atom is 0.306 e. The van der Waals surface area contributed by atoms with E-state index in [2.05, 4.69) is 14.8 Å². The van der Waals surface area contributed by atoms with Gasteiger partial charge in [0.15, 0.2) is 0 Å². The van der Waals surface area contributed by atoms with E-state index in [4.69, 9.17) is 0 Å². The summed E-state index contributed by atoms with van der Waals surface area (Å²) >= 11 is 0. The summed E-state index contributed by atoms with van der Waals surface area (Å²) in [7, 11) is -2.13. The summed E-state index contributed by atoms with van der Waals surface area (Å²) in [6.45, 7) is 1.33. The second-order valence-corrected chi connectivity index (χ2v) is 6.07. The molecule has 1 unspecified atom stereocenters. The molecule has 0 saturated carbocycles. The Morgan fingerprint density at radius 3 is 2.82 bits per heavy atom. The minimum Gasteiger partial charge on any atom is -0.469 e. The molecule has 1 rings (SSSR count). The van der Waals surface area contributed by atoms with Gasteiger partial charge in [-0.1, -0.05) is 6.42 Å². The van der Waals surface area contributed by atoms with Gasteiger partial charge in [0.05, 0.1) is 19.3 Å². The van der Waals surface area contributed by atoms with Crippen LogP contribution in [0.25, 0.3) is 0 Å². The Hall–Kier alpha value is -0.660. The van der Waals surface area contributed by atoms with Gasteiger partial charge in [-0.25, -0.2) is 13.1 Å². The number of sulfonamides is 1. The molecule has 17 heavy (non-hydrogen) atoms. The van der Waals surface area contributed by atoms with Crippen molar-refractivity contribution < 1.29 is 17.9 Å². The Kier molecular flexibility index (Phi) is 5.87. The molecule has 100 valence electrons. The number of methoxy groups -OCH3 is 1. The van der Waals surface area contributed by atoms with Crippen molar-refractivity contribution in [1.29, 1.82) is 0 Å². The summed E-state index contributed by atoms with van der Waals surface area (Å²) < 4.78 is 30.0. The lowest BCUT2D eigenvalue weighted by Crippen LogP contribution is -2.44. The number of hydrogen-bond donors (Lipinski definition) is 2. The SMILES string of the molecule is COC(=O)CCS(=O)(=O)NCC1CCCCN1. The predicted octanol–water partition coefficient (Wildman–Crippen LogP) is -0.389. The first-order valence-corrected chi connectivity index (χ1v) is 7.46. The predicted molar refractivity (Wildman–Crippen MR) is 64.1 cm³/mol. The van der Waals surface area contributed by atoms with E-state index in [0.29, 0.717) is 6.54 Å². The van der Waals surface area contributed by atoms with Gasteiger partial charge in [0.25, 0.3) is 0 Å². The normalized spacial score (nSPS) is 21.1. The largest absolute Gasteiger partial charge is 0.469 e. The average molecular weight is 264 g/mol. The van der Waals surface area contributed by atoms with E-state index in [1.54, 1.807) is 0 Å². The lowest BCUT2D eigenvalue weighted by molar-refractivity contribution is -0.140. The van der Waals surface area contributed by atoms with Crippen LogP contribution in [0.3, 0.4) is 0 Å². The number of carbonyl (C=O) groups excluding carboxylic acids is 1. The van der Waals surface area contributed by atoms with Gasteiger partial charge in [-0.15, -0.1) is 0 Å². The molecule has 1 heterocycles. The maximum absolute atomic E-state index is 11.5. The number of carbonyl (C=O) groups is 1. The van der Waals surface area contributed by atoms with Gasteiger partial charge < -0.3 is 10.1 Å². The first-order chi connectivity index (χ1) is 8.03. The van der Waals surface area contributed by atoms with Gasteiger partial charge in [0.1, 0.15) is 0 Å². The van der Waals surface area contributed by atoms with Gasteiger partial charge >= 0.3 is 5.97 Å². The molecule has 1 aliphatic rings. The van der Waals surface area contributed by atoms with Crippen LogP contribution in [-0.2, 0) is 19.6 Å². The summed E-state index contributed by atoms with van der Waals surface area (Å²) in [5.41, 5.74) is 0. The van der Waals surface area contributed by atoms with Gasteiger partial charge in [0.2, 0.25) is 10.0 Å². The summed E-state index contributed by atoms with van der Waals surface area (Å²) in [5, 5.41) is 3.25. The molecule has 0 radical (unpaired) electrons. The fraction of sp³-hybridized carbons (Fsp3) is 0.900. The van der Waals surface area contributed by atoms with Crippen molar-refractivity contribution in [3.63, 3.8) is 0 Å². The third-order valence-corrected chi connectivity index (χ3v) is 4.11. The summed E-state index contributed by atoms with van der Waals surface area (Å²) in [6.07, 6.45) is 3.15. The molecule has 1 aliphatic heterocycles. The van der Waals surface area contributed by atoms with Gasteiger partial charge in [0, 0.05) is 12.6 Å². The first kappa shape index (κ1) is 14.4. The Balaban J connectivity index is 2.26. The van der Waals surface area contributed by atoms with E-state index in [1.807, 2.05) is 0 Å². The molecule has 0 aromatic carbocycles. The number of rotatable bonds is 6. The fourth-order valence-corrected chi connectivity index (χ4v) is 2.75. The Bertz CT molecular complexity index is 336. The van der Waals surface area contributed by atoms with Crippen LogP contribution in [0, 0.1) is 0 Å². The number of esters is 1. The standard InChI is InChI=1S/C10H20N2O4S/c1-16-10(13)5-7-17(14,15)12-8-9-4-2-3-6-11-9/h9,11-12H,2-8H2,1H3. The first-order valence-electron chi connectivity index (χ1n) is 5.81. The van der Waals surface area contributed by atoms with Crippen molar-refractivity contribution in [1.82, 2.24) is 10.0 Å². The molecule has 0 aliphatic carbocycles. The molecule has 6 nitrogen and oxygen atoms in total. The zero-order chi connectivity index (χ0) is 12.7. The smallest absolute Gasteiger partial charge is 0.306 e. The van der Waals surface area contributed by atoms with E-state index < -0.39 is 16.0 Å². The minimum atomic E-state index is -3.38. The molecule has 7 heteroatoms. The van der Waals surface area contributed by atoms with Crippen molar-refractivity contribution in [2.24, 2.45) is 0 Å². The second-order valence-electron chi connectivity index (χ2n) is 4.14. The topological polar surface area (TPSA) is 84.5 Å². The number of nitrogens with one attached hydrogen (secondary N) is 2. The molecule has 1 fully saturated rings. The highest BCUT2D eigenvalue weighted by molar-refractivity contribution is 7.89. The maximum atomic E-state index is 11.5. The lowest BCUT2D eigenvalue weighted by Gasteiger charge is -2.23. The van der Waals surface area contributed by atoms with E-state index in [-0.39, 0.29) is 18.2 Å². The van der Waals surface area contributed by atoms with Crippen LogP contribution in [0.4, 0.5) is 0 Å². The lowest BCUT2D eigenvalue weighted by atomic mass is 10.1. The molecule has 2 N–H and O–H groups in total. The molecule has 1 saturated heterocycles. The van der Waals surface area contributed by atoms with Crippen LogP contribution in [0.5, 0.6) is 0 Å². The zero-order valence-electron chi connectivity index (χ0n) is 10.1. The molecule has 1 atom stereocenters. The van der Waals surface area contributed by atoms with E-state index >= 15 is 0 Å². The van der Waals surface area contributed by atoms with Crippen molar-refractivity contribution >= 4 is 16.0 Å². The Morgan fingerprint density at radius 1 is 1.47 bits per heavy atom. The number of ether oxygens (including phenoxy) is 1. The Morgan fingerprint density at radius 2 is 2.24 bits per heavy atom. The quantitative estimate of drug-likeness (QED) is 0.638. The van der Waals surface area contributed by atoms with Crippen LogP contribution in [0.15, 0.2) is 0 Å². The third kappa shape index (κ3) is 5.99. The highest BCUT2D eigenvalue weighted by Crippen LogP contribution is 2.06. The van der Waals surface area contributed by atoms with Gasteiger partial charge in [-0.3, -0.25) is 4.79 Å². The molecule has 0 bridgehead atoms. The van der Waals surface area contributed by atoms with Gasteiger partial charge in [-0.05, 0) is 19.4 Å². The van der Waals surface area contributed by atoms with Gasteiger partial charge in [-0.2, -0.15) is 0 Å². The number of piperidine rings is 1. The summed E-state index contributed by atoms with van der Waals surface area (Å²) in [6, 6.07) is 0.205. The van der Waals surface area contributed by atoms with Crippen LogP contribution in [-0.4, -0.2) is 46.4 Å². The van der Waals surface area contributed by atoms with Crippen molar-refractivity contribution in [2.45, 2.75) is 31.7 Å². The molecule has 0 aromatic heterocycles. The third-order valence-electron chi connectivity index (χ3n) is 2.76. The number of hydrogen-bond acceptors (Lipinski definition) is 5. The summed E-state index contributed by atoms with van der Waals surface area (Å²) in [5.74, 6) is -0.724.